The lowest BCUT2D eigenvalue weighted by Crippen LogP contribution is -2.39. The number of pyridine rings is 1. The molecule has 1 aliphatic rings. The SMILES string of the molecule is Cc1cc(COc2ccc(S(=O)(=O)CC(CC3CCC(=NO)CC3)N(O)C=O)cc2)c2ccccc2n1. The van der Waals surface area contributed by atoms with Crippen LogP contribution in [-0.2, 0) is 21.2 Å². The summed E-state index contributed by atoms with van der Waals surface area (Å²) in [4.78, 5) is 15.9. The predicted octanol–water partition coefficient (Wildman–Crippen LogP) is 4.52. The Labute approximate surface area is 216 Å². The van der Waals surface area contributed by atoms with E-state index in [-0.39, 0.29) is 17.2 Å². The normalized spacial score (nSPS) is 16.8. The van der Waals surface area contributed by atoms with Crippen molar-refractivity contribution in [3.05, 3.63) is 65.9 Å². The van der Waals surface area contributed by atoms with Crippen LogP contribution in [0.15, 0.2) is 64.6 Å². The molecular weight excluding hydrogens is 494 g/mol. The number of nitrogens with zero attached hydrogens (tertiary/aromatic N) is 3. The van der Waals surface area contributed by atoms with Gasteiger partial charge in [0.1, 0.15) is 12.4 Å². The highest BCUT2D eigenvalue weighted by molar-refractivity contribution is 7.91. The van der Waals surface area contributed by atoms with Gasteiger partial charge in [-0.1, -0.05) is 23.4 Å². The fraction of sp³-hybridized carbons (Fsp3) is 0.370. The van der Waals surface area contributed by atoms with Gasteiger partial charge in [0.25, 0.3) is 0 Å². The molecule has 10 heteroatoms. The number of carbonyl (C=O) groups excluding carboxylic acids is 1. The summed E-state index contributed by atoms with van der Waals surface area (Å²) in [6.07, 6.45) is 3.23. The van der Waals surface area contributed by atoms with Gasteiger partial charge in [0.2, 0.25) is 6.41 Å². The molecule has 3 aromatic rings. The first-order chi connectivity index (χ1) is 17.8. The average molecular weight is 526 g/mol. The number of ether oxygens (including phenoxy) is 1. The van der Waals surface area contributed by atoms with Crippen LogP contribution in [-0.4, -0.2) is 52.8 Å². The molecule has 196 valence electrons. The Hall–Kier alpha value is -3.50. The van der Waals surface area contributed by atoms with Crippen LogP contribution in [0.4, 0.5) is 0 Å². The van der Waals surface area contributed by atoms with Crippen LogP contribution in [0.1, 0.15) is 43.4 Å². The highest BCUT2D eigenvalue weighted by atomic mass is 32.2. The summed E-state index contributed by atoms with van der Waals surface area (Å²) >= 11 is 0. The molecule has 1 aromatic heterocycles. The molecule has 1 fully saturated rings. The third-order valence-corrected chi connectivity index (χ3v) is 8.64. The molecule has 0 saturated heterocycles. The molecule has 0 radical (unpaired) electrons. The number of carbonyl (C=O) groups is 1. The number of benzene rings is 2. The van der Waals surface area contributed by atoms with Gasteiger partial charge in [-0.2, -0.15) is 0 Å². The van der Waals surface area contributed by atoms with Crippen molar-refractivity contribution >= 4 is 32.9 Å². The lowest BCUT2D eigenvalue weighted by atomic mass is 9.84. The van der Waals surface area contributed by atoms with E-state index in [1.807, 2.05) is 37.3 Å². The first-order valence-electron chi connectivity index (χ1n) is 12.2. The van der Waals surface area contributed by atoms with Crippen molar-refractivity contribution < 1.29 is 28.4 Å². The number of aryl methyl sites for hydroxylation is 1. The van der Waals surface area contributed by atoms with Gasteiger partial charge in [-0.25, -0.2) is 13.5 Å². The molecule has 4 rings (SSSR count). The number of sulfone groups is 1. The first kappa shape index (κ1) is 26.6. The van der Waals surface area contributed by atoms with Crippen molar-refractivity contribution in [3.8, 4) is 5.75 Å². The Morgan fingerprint density at radius 1 is 1.16 bits per heavy atom. The quantitative estimate of drug-likeness (QED) is 0.172. The third kappa shape index (κ3) is 6.64. The van der Waals surface area contributed by atoms with E-state index in [9.17, 15) is 18.4 Å². The lowest BCUT2D eigenvalue weighted by Gasteiger charge is -2.29. The number of fused-ring (bicyclic) bond motifs is 1. The Balaban J connectivity index is 1.42. The van der Waals surface area contributed by atoms with Crippen molar-refractivity contribution in [1.29, 1.82) is 0 Å². The zero-order valence-corrected chi connectivity index (χ0v) is 21.5. The van der Waals surface area contributed by atoms with Crippen LogP contribution >= 0.6 is 0 Å². The van der Waals surface area contributed by atoms with Crippen molar-refractivity contribution in [2.75, 3.05) is 5.75 Å². The van der Waals surface area contributed by atoms with E-state index >= 15 is 0 Å². The average Bonchev–Trinajstić information content (AvgIpc) is 2.91. The third-order valence-electron chi connectivity index (χ3n) is 6.83. The van der Waals surface area contributed by atoms with Gasteiger partial charge in [0.15, 0.2) is 9.84 Å². The first-order valence-corrected chi connectivity index (χ1v) is 13.9. The molecule has 0 spiro atoms. The second-order valence-electron chi connectivity index (χ2n) is 9.47. The van der Waals surface area contributed by atoms with Crippen molar-refractivity contribution in [1.82, 2.24) is 10.0 Å². The maximum Gasteiger partial charge on any atom is 0.233 e. The van der Waals surface area contributed by atoms with Crippen molar-refractivity contribution in [2.45, 2.75) is 56.6 Å². The fourth-order valence-corrected chi connectivity index (χ4v) is 6.38. The minimum atomic E-state index is -3.79. The van der Waals surface area contributed by atoms with Crippen molar-refractivity contribution in [2.24, 2.45) is 11.1 Å². The molecule has 1 saturated carbocycles. The highest BCUT2D eigenvalue weighted by Gasteiger charge is 2.29. The number of oxime groups is 1. The van der Waals surface area contributed by atoms with Crippen molar-refractivity contribution in [3.63, 3.8) is 0 Å². The van der Waals surface area contributed by atoms with Gasteiger partial charge in [-0.15, -0.1) is 0 Å². The molecule has 37 heavy (non-hydrogen) atoms. The summed E-state index contributed by atoms with van der Waals surface area (Å²) in [6.45, 7) is 2.23. The van der Waals surface area contributed by atoms with E-state index in [1.54, 1.807) is 12.1 Å². The summed E-state index contributed by atoms with van der Waals surface area (Å²) in [5.74, 6) is 0.237. The molecule has 2 aromatic carbocycles. The van der Waals surface area contributed by atoms with E-state index < -0.39 is 21.6 Å². The zero-order valence-electron chi connectivity index (χ0n) is 20.7. The lowest BCUT2D eigenvalue weighted by molar-refractivity contribution is -0.159. The summed E-state index contributed by atoms with van der Waals surface area (Å²) in [5.41, 5.74) is 3.48. The smallest absolute Gasteiger partial charge is 0.233 e. The van der Waals surface area contributed by atoms with Gasteiger partial charge in [-0.05, 0) is 81.3 Å². The monoisotopic (exact) mass is 525 g/mol. The number of hydrogen-bond acceptors (Lipinski definition) is 8. The molecule has 1 heterocycles. The van der Waals surface area contributed by atoms with Crippen LogP contribution in [0.3, 0.4) is 0 Å². The fourth-order valence-electron chi connectivity index (χ4n) is 4.84. The topological polar surface area (TPSA) is 129 Å². The maximum absolute atomic E-state index is 13.1. The molecule has 1 aliphatic carbocycles. The molecule has 0 aliphatic heterocycles. The standard InChI is InChI=1S/C27H31N3O6S/c1-19-14-21(26-4-2-3-5-27(26)28-19)16-36-24-10-12-25(13-11-24)37(34,35)17-23(30(33)18-31)15-20-6-8-22(29-32)9-7-20/h2-5,10-14,18,20,23,32-33H,6-9,15-17H2,1H3. The maximum atomic E-state index is 13.1. The minimum Gasteiger partial charge on any atom is -0.489 e. The molecule has 1 atom stereocenters. The molecule has 0 bridgehead atoms. The number of amides is 1. The summed E-state index contributed by atoms with van der Waals surface area (Å²) in [5, 5.41) is 23.7. The Bertz CT molecular complexity index is 1360. The summed E-state index contributed by atoms with van der Waals surface area (Å²) < 4.78 is 32.2. The van der Waals surface area contributed by atoms with Crippen LogP contribution in [0.25, 0.3) is 10.9 Å². The Morgan fingerprint density at radius 3 is 2.54 bits per heavy atom. The van der Waals surface area contributed by atoms with Gasteiger partial charge < -0.3 is 9.94 Å². The number of hydroxylamine groups is 2. The van der Waals surface area contributed by atoms with Crippen LogP contribution in [0.2, 0.25) is 0 Å². The van der Waals surface area contributed by atoms with Gasteiger partial charge >= 0.3 is 0 Å². The largest absolute Gasteiger partial charge is 0.489 e. The zero-order chi connectivity index (χ0) is 26.4. The van der Waals surface area contributed by atoms with E-state index in [0.29, 0.717) is 55.2 Å². The summed E-state index contributed by atoms with van der Waals surface area (Å²) in [7, 11) is -3.79. The van der Waals surface area contributed by atoms with Gasteiger partial charge in [-0.3, -0.25) is 15.0 Å². The number of rotatable bonds is 10. The second-order valence-corrected chi connectivity index (χ2v) is 11.5. The molecule has 9 nitrogen and oxygen atoms in total. The van der Waals surface area contributed by atoms with E-state index in [0.717, 1.165) is 22.2 Å². The second kappa shape index (κ2) is 11.7. The van der Waals surface area contributed by atoms with Crippen LogP contribution in [0, 0.1) is 12.8 Å². The van der Waals surface area contributed by atoms with Gasteiger partial charge in [0, 0.05) is 16.6 Å². The van der Waals surface area contributed by atoms with Gasteiger partial charge in [0.05, 0.1) is 27.9 Å². The Morgan fingerprint density at radius 2 is 1.86 bits per heavy atom. The molecular formula is C27H31N3O6S. The van der Waals surface area contributed by atoms with E-state index in [1.165, 1.54) is 12.1 Å². The summed E-state index contributed by atoms with van der Waals surface area (Å²) in [6, 6.07) is 15.1. The van der Waals surface area contributed by atoms with E-state index in [2.05, 4.69) is 10.1 Å². The van der Waals surface area contributed by atoms with E-state index in [4.69, 9.17) is 9.94 Å². The molecule has 1 amide bonds. The van der Waals surface area contributed by atoms with Crippen LogP contribution < -0.4 is 4.74 Å². The number of para-hydroxylation sites is 1. The predicted molar refractivity (Wildman–Crippen MR) is 139 cm³/mol. The number of aromatic nitrogens is 1. The highest BCUT2D eigenvalue weighted by Crippen LogP contribution is 2.29. The van der Waals surface area contributed by atoms with Crippen LogP contribution in [0.5, 0.6) is 5.75 Å². The number of hydrogen-bond donors (Lipinski definition) is 2. The molecule has 1 unspecified atom stereocenters. The minimum absolute atomic E-state index is 0.0905. The molecule has 2 N–H and O–H groups in total. The Kier molecular flexibility index (Phi) is 8.40.